The zero-order valence-corrected chi connectivity index (χ0v) is 21.0. The van der Waals surface area contributed by atoms with Crippen molar-refractivity contribution in [1.82, 2.24) is 15.0 Å². The van der Waals surface area contributed by atoms with Gasteiger partial charge in [0.05, 0.1) is 53.9 Å². The molecule has 3 heterocycles. The molecule has 2 N–H and O–H groups in total. The van der Waals surface area contributed by atoms with Crippen molar-refractivity contribution < 1.29 is 9.13 Å². The van der Waals surface area contributed by atoms with E-state index in [1.165, 1.54) is 6.21 Å². The van der Waals surface area contributed by atoms with Crippen LogP contribution in [0.1, 0.15) is 18.2 Å². The predicted molar refractivity (Wildman–Crippen MR) is 148 cm³/mol. The Morgan fingerprint density at radius 3 is 2.68 bits per heavy atom. The number of anilines is 4. The Morgan fingerprint density at radius 2 is 1.97 bits per heavy atom. The highest BCUT2D eigenvalue weighted by atomic mass is 35.5. The molecule has 1 aliphatic heterocycles. The van der Waals surface area contributed by atoms with Gasteiger partial charge >= 0.3 is 0 Å². The van der Waals surface area contributed by atoms with Crippen LogP contribution >= 0.6 is 11.6 Å². The number of aliphatic imine (C=N–C) groups is 1. The Balaban J connectivity index is 1.37. The van der Waals surface area contributed by atoms with E-state index >= 15 is 0 Å². The summed E-state index contributed by atoms with van der Waals surface area (Å²) in [6, 6.07) is 9.27. The Hall–Kier alpha value is -4.15. The molecule has 0 spiro atoms. The van der Waals surface area contributed by atoms with Crippen molar-refractivity contribution in [2.24, 2.45) is 10.1 Å². The highest BCUT2D eigenvalue weighted by molar-refractivity contribution is 6.32. The van der Waals surface area contributed by atoms with E-state index in [-0.39, 0.29) is 11.8 Å². The molecule has 37 heavy (non-hydrogen) atoms. The third kappa shape index (κ3) is 6.96. The van der Waals surface area contributed by atoms with E-state index in [9.17, 15) is 4.39 Å². The first-order valence-electron chi connectivity index (χ1n) is 11.5. The summed E-state index contributed by atoms with van der Waals surface area (Å²) in [4.78, 5) is 18.4. The number of ether oxygens (including phenoxy) is 1. The van der Waals surface area contributed by atoms with Crippen LogP contribution in [0.25, 0.3) is 5.70 Å². The number of aromatic nitrogens is 3. The largest absolute Gasteiger partial charge is 0.378 e. The molecule has 2 aromatic heterocycles. The Morgan fingerprint density at radius 1 is 1.16 bits per heavy atom. The fourth-order valence-corrected chi connectivity index (χ4v) is 3.78. The molecular formula is C26H26ClFN8O. The fraction of sp³-hybridized carbons (Fsp3) is 0.192. The lowest BCUT2D eigenvalue weighted by Crippen LogP contribution is -2.37. The number of hydrogen-bond donors (Lipinski definition) is 2. The first-order valence-corrected chi connectivity index (χ1v) is 11.9. The molecule has 0 radical (unpaired) electrons. The molecule has 1 fully saturated rings. The number of allylic oxidation sites excluding steroid dienone is 3. The number of nitrogens with one attached hydrogen (secondary N) is 2. The summed E-state index contributed by atoms with van der Waals surface area (Å²) in [5.41, 5.74) is 6.39. The SMILES string of the molecule is C=N/C(=C\C=C/C)c1ccc(Nc2ccc(/C=N/Nc3ncc(F)c(N4CCOCC4)n3)nc2)cc1Cl. The van der Waals surface area contributed by atoms with Gasteiger partial charge in [-0.25, -0.2) is 14.8 Å². The number of halogens is 2. The van der Waals surface area contributed by atoms with Crippen LogP contribution in [0.5, 0.6) is 0 Å². The number of nitrogens with zero attached hydrogens (tertiary/aromatic N) is 6. The second kappa shape index (κ2) is 12.7. The Bertz CT molecular complexity index is 1320. The lowest BCUT2D eigenvalue weighted by Gasteiger charge is -2.27. The van der Waals surface area contributed by atoms with Gasteiger partial charge in [-0.3, -0.25) is 9.98 Å². The van der Waals surface area contributed by atoms with E-state index in [0.29, 0.717) is 42.7 Å². The molecule has 4 rings (SSSR count). The quantitative estimate of drug-likeness (QED) is 0.224. The van der Waals surface area contributed by atoms with E-state index in [1.54, 1.807) is 12.3 Å². The summed E-state index contributed by atoms with van der Waals surface area (Å²) in [7, 11) is 0. The lowest BCUT2D eigenvalue weighted by molar-refractivity contribution is 0.122. The third-order valence-corrected chi connectivity index (χ3v) is 5.65. The molecule has 0 unspecified atom stereocenters. The number of pyridine rings is 1. The van der Waals surface area contributed by atoms with Gasteiger partial charge in [0, 0.05) is 24.3 Å². The highest BCUT2D eigenvalue weighted by Crippen LogP contribution is 2.29. The summed E-state index contributed by atoms with van der Waals surface area (Å²) in [6.45, 7) is 7.74. The van der Waals surface area contributed by atoms with Crippen molar-refractivity contribution in [3.63, 3.8) is 0 Å². The van der Waals surface area contributed by atoms with Crippen molar-refractivity contribution >= 4 is 53.4 Å². The summed E-state index contributed by atoms with van der Waals surface area (Å²) in [5, 5.41) is 7.94. The van der Waals surface area contributed by atoms with Gasteiger partial charge in [0.2, 0.25) is 5.95 Å². The van der Waals surface area contributed by atoms with Gasteiger partial charge in [0.25, 0.3) is 0 Å². The van der Waals surface area contributed by atoms with E-state index in [4.69, 9.17) is 16.3 Å². The minimum Gasteiger partial charge on any atom is -0.378 e. The number of rotatable bonds is 9. The summed E-state index contributed by atoms with van der Waals surface area (Å²) >= 11 is 6.47. The molecule has 3 aromatic rings. The minimum atomic E-state index is -0.486. The Kier molecular flexibility index (Phi) is 8.90. The maximum Gasteiger partial charge on any atom is 0.245 e. The number of hydrogen-bond acceptors (Lipinski definition) is 9. The van der Waals surface area contributed by atoms with Crippen LogP contribution in [-0.2, 0) is 4.74 Å². The molecule has 190 valence electrons. The fourth-order valence-electron chi connectivity index (χ4n) is 3.50. The average molecular weight is 521 g/mol. The monoisotopic (exact) mass is 520 g/mol. The number of morpholine rings is 1. The maximum atomic E-state index is 14.2. The summed E-state index contributed by atoms with van der Waals surface area (Å²) in [6.07, 6.45) is 9.97. The molecule has 11 heteroatoms. The molecule has 1 saturated heterocycles. The van der Waals surface area contributed by atoms with Crippen LogP contribution in [0.15, 0.2) is 71.0 Å². The summed E-state index contributed by atoms with van der Waals surface area (Å²) in [5.74, 6) is -0.0725. The molecule has 1 aliphatic rings. The molecular weight excluding hydrogens is 495 g/mol. The molecule has 9 nitrogen and oxygen atoms in total. The van der Waals surface area contributed by atoms with Gasteiger partial charge in [-0.1, -0.05) is 23.8 Å². The minimum absolute atomic E-state index is 0.188. The van der Waals surface area contributed by atoms with Gasteiger partial charge in [0.15, 0.2) is 11.6 Å². The van der Waals surface area contributed by atoms with Crippen LogP contribution in [0.4, 0.5) is 27.5 Å². The van der Waals surface area contributed by atoms with E-state index in [0.717, 1.165) is 23.1 Å². The highest BCUT2D eigenvalue weighted by Gasteiger charge is 2.17. The van der Waals surface area contributed by atoms with Gasteiger partial charge < -0.3 is 15.0 Å². The van der Waals surface area contributed by atoms with Crippen LogP contribution in [0.3, 0.4) is 0 Å². The third-order valence-electron chi connectivity index (χ3n) is 5.33. The molecule has 1 aromatic carbocycles. The second-order valence-electron chi connectivity index (χ2n) is 7.86. The normalized spacial score (nSPS) is 14.4. The first kappa shape index (κ1) is 25.9. The van der Waals surface area contributed by atoms with Crippen molar-refractivity contribution in [2.45, 2.75) is 6.92 Å². The molecule has 0 amide bonds. The first-order chi connectivity index (χ1) is 18.1. The van der Waals surface area contributed by atoms with Crippen LogP contribution < -0.4 is 15.6 Å². The standard InChI is InChI=1S/C26H26ClFN8O/c1-3-4-5-24(29-2)21-9-8-18(14-22(21)27)33-20-7-6-19(30-15-20)16-32-35-26-31-17-23(28)25(34-26)36-10-12-37-13-11-36/h3-9,14-17,33H,2,10-13H2,1H3,(H,31,34,35)/b4-3-,24-5-,32-16+. The predicted octanol–water partition coefficient (Wildman–Crippen LogP) is 5.31. The summed E-state index contributed by atoms with van der Waals surface area (Å²) < 4.78 is 19.5. The van der Waals surface area contributed by atoms with Crippen molar-refractivity contribution in [1.29, 1.82) is 0 Å². The van der Waals surface area contributed by atoms with Gasteiger partial charge in [-0.05, 0) is 50.0 Å². The Labute approximate surface area is 219 Å². The molecule has 0 bridgehead atoms. The van der Waals surface area contributed by atoms with Crippen molar-refractivity contribution in [3.05, 3.63) is 83.1 Å². The average Bonchev–Trinajstić information content (AvgIpc) is 2.92. The lowest BCUT2D eigenvalue weighted by atomic mass is 10.1. The number of benzene rings is 1. The van der Waals surface area contributed by atoms with Crippen molar-refractivity contribution in [2.75, 3.05) is 41.9 Å². The van der Waals surface area contributed by atoms with Crippen LogP contribution in [0.2, 0.25) is 5.02 Å². The van der Waals surface area contributed by atoms with Gasteiger partial charge in [-0.2, -0.15) is 10.1 Å². The van der Waals surface area contributed by atoms with Gasteiger partial charge in [0.1, 0.15) is 0 Å². The van der Waals surface area contributed by atoms with E-state index in [1.807, 2.05) is 54.3 Å². The second-order valence-corrected chi connectivity index (χ2v) is 8.27. The topological polar surface area (TPSA) is 99.9 Å². The van der Waals surface area contributed by atoms with Gasteiger partial charge in [-0.15, -0.1) is 0 Å². The molecule has 0 aliphatic carbocycles. The molecule has 0 saturated carbocycles. The zero-order chi connectivity index (χ0) is 26.0. The number of hydrazone groups is 1. The maximum absolute atomic E-state index is 14.2. The van der Waals surface area contributed by atoms with Crippen LogP contribution in [0, 0.1) is 5.82 Å². The van der Waals surface area contributed by atoms with E-state index in [2.05, 4.69) is 42.5 Å². The van der Waals surface area contributed by atoms with Crippen LogP contribution in [-0.4, -0.2) is 54.2 Å². The molecule has 0 atom stereocenters. The van der Waals surface area contributed by atoms with Crippen molar-refractivity contribution in [3.8, 4) is 0 Å². The zero-order valence-electron chi connectivity index (χ0n) is 20.2. The van der Waals surface area contributed by atoms with E-state index < -0.39 is 5.82 Å². The smallest absolute Gasteiger partial charge is 0.245 e.